The fourth-order valence-electron chi connectivity index (χ4n) is 1.91. The number of hydrogen-bond donors (Lipinski definition) is 2. The van der Waals surface area contributed by atoms with Crippen LogP contribution < -0.4 is 5.32 Å². The van der Waals surface area contributed by atoms with E-state index >= 15 is 0 Å². The SMILES string of the molecule is CCCC(C)COCC(C)(CO)NC1CC1. The van der Waals surface area contributed by atoms with Gasteiger partial charge >= 0.3 is 0 Å². The molecule has 1 rings (SSSR count). The maximum atomic E-state index is 9.39. The summed E-state index contributed by atoms with van der Waals surface area (Å²) in [6, 6.07) is 0.605. The van der Waals surface area contributed by atoms with Gasteiger partial charge in [0.25, 0.3) is 0 Å². The van der Waals surface area contributed by atoms with E-state index in [2.05, 4.69) is 19.2 Å². The summed E-state index contributed by atoms with van der Waals surface area (Å²) in [6.07, 6.45) is 4.90. The molecule has 0 heterocycles. The van der Waals surface area contributed by atoms with Crippen molar-refractivity contribution in [2.24, 2.45) is 5.92 Å². The number of ether oxygens (including phenoxy) is 1. The summed E-state index contributed by atoms with van der Waals surface area (Å²) < 4.78 is 5.71. The van der Waals surface area contributed by atoms with E-state index in [4.69, 9.17) is 4.74 Å². The lowest BCUT2D eigenvalue weighted by Crippen LogP contribution is -2.50. The normalized spacial score (nSPS) is 21.8. The highest BCUT2D eigenvalue weighted by molar-refractivity contribution is 4.92. The van der Waals surface area contributed by atoms with Gasteiger partial charge in [-0.05, 0) is 32.1 Å². The van der Waals surface area contributed by atoms with E-state index in [1.165, 1.54) is 25.7 Å². The Kier molecular flexibility index (Phi) is 5.73. The highest BCUT2D eigenvalue weighted by Gasteiger charge is 2.32. The van der Waals surface area contributed by atoms with Crippen LogP contribution in [0.4, 0.5) is 0 Å². The van der Waals surface area contributed by atoms with Crippen molar-refractivity contribution >= 4 is 0 Å². The van der Waals surface area contributed by atoms with E-state index in [0.29, 0.717) is 18.6 Å². The molecule has 16 heavy (non-hydrogen) atoms. The quantitative estimate of drug-likeness (QED) is 0.635. The van der Waals surface area contributed by atoms with Gasteiger partial charge in [-0.15, -0.1) is 0 Å². The highest BCUT2D eigenvalue weighted by atomic mass is 16.5. The van der Waals surface area contributed by atoms with Crippen LogP contribution in [0.2, 0.25) is 0 Å². The van der Waals surface area contributed by atoms with Crippen LogP contribution in [0, 0.1) is 5.92 Å². The Morgan fingerprint density at radius 2 is 2.19 bits per heavy atom. The Morgan fingerprint density at radius 3 is 2.69 bits per heavy atom. The smallest absolute Gasteiger partial charge is 0.0668 e. The largest absolute Gasteiger partial charge is 0.394 e. The lowest BCUT2D eigenvalue weighted by Gasteiger charge is -2.29. The number of hydrogen-bond acceptors (Lipinski definition) is 3. The van der Waals surface area contributed by atoms with Gasteiger partial charge in [-0.1, -0.05) is 20.3 Å². The first kappa shape index (κ1) is 13.9. The van der Waals surface area contributed by atoms with Crippen molar-refractivity contribution in [2.75, 3.05) is 19.8 Å². The summed E-state index contributed by atoms with van der Waals surface area (Å²) in [7, 11) is 0. The van der Waals surface area contributed by atoms with Gasteiger partial charge in [-0.2, -0.15) is 0 Å². The van der Waals surface area contributed by atoms with Crippen LogP contribution in [-0.2, 0) is 4.74 Å². The maximum Gasteiger partial charge on any atom is 0.0668 e. The average molecular weight is 229 g/mol. The number of aliphatic hydroxyl groups is 1. The van der Waals surface area contributed by atoms with Crippen molar-refractivity contribution in [1.29, 1.82) is 0 Å². The average Bonchev–Trinajstić information content (AvgIpc) is 3.02. The molecule has 1 saturated carbocycles. The molecule has 0 aliphatic heterocycles. The maximum absolute atomic E-state index is 9.39. The summed E-state index contributed by atoms with van der Waals surface area (Å²) in [5.41, 5.74) is -0.257. The zero-order valence-corrected chi connectivity index (χ0v) is 11.0. The summed E-state index contributed by atoms with van der Waals surface area (Å²) in [4.78, 5) is 0. The van der Waals surface area contributed by atoms with Crippen molar-refractivity contribution in [3.63, 3.8) is 0 Å². The summed E-state index contributed by atoms with van der Waals surface area (Å²) in [6.45, 7) is 8.00. The third-order valence-electron chi connectivity index (χ3n) is 3.08. The van der Waals surface area contributed by atoms with Gasteiger partial charge in [0.15, 0.2) is 0 Å². The standard InChI is InChI=1S/C13H27NO2/c1-4-5-11(2)8-16-10-13(3,9-15)14-12-6-7-12/h11-12,14-15H,4-10H2,1-3H3. The molecule has 2 unspecified atom stereocenters. The first-order chi connectivity index (χ1) is 7.59. The van der Waals surface area contributed by atoms with Crippen molar-refractivity contribution in [2.45, 2.75) is 58.0 Å². The minimum atomic E-state index is -0.257. The van der Waals surface area contributed by atoms with Crippen LogP contribution in [0.15, 0.2) is 0 Å². The molecule has 3 heteroatoms. The summed E-state index contributed by atoms with van der Waals surface area (Å²) in [5, 5.41) is 12.8. The zero-order chi connectivity index (χ0) is 12.0. The molecule has 96 valence electrons. The molecule has 0 radical (unpaired) electrons. The van der Waals surface area contributed by atoms with E-state index in [1.54, 1.807) is 0 Å². The van der Waals surface area contributed by atoms with E-state index in [1.807, 2.05) is 6.92 Å². The first-order valence-electron chi connectivity index (χ1n) is 6.56. The van der Waals surface area contributed by atoms with Crippen LogP contribution >= 0.6 is 0 Å². The summed E-state index contributed by atoms with van der Waals surface area (Å²) >= 11 is 0. The second-order valence-corrected chi connectivity index (χ2v) is 5.55. The molecule has 1 fully saturated rings. The molecular weight excluding hydrogens is 202 g/mol. The van der Waals surface area contributed by atoms with E-state index in [0.717, 1.165) is 6.61 Å². The topological polar surface area (TPSA) is 41.5 Å². The van der Waals surface area contributed by atoms with Crippen molar-refractivity contribution < 1.29 is 9.84 Å². The molecule has 0 saturated heterocycles. The van der Waals surface area contributed by atoms with Gasteiger partial charge in [0.1, 0.15) is 0 Å². The van der Waals surface area contributed by atoms with E-state index in [-0.39, 0.29) is 12.1 Å². The van der Waals surface area contributed by atoms with Crippen molar-refractivity contribution in [3.05, 3.63) is 0 Å². The Morgan fingerprint density at radius 1 is 1.50 bits per heavy atom. The monoisotopic (exact) mass is 229 g/mol. The molecular formula is C13H27NO2. The second-order valence-electron chi connectivity index (χ2n) is 5.55. The number of nitrogens with one attached hydrogen (secondary N) is 1. The van der Waals surface area contributed by atoms with E-state index in [9.17, 15) is 5.11 Å². The molecule has 0 aromatic heterocycles. The molecule has 0 spiro atoms. The minimum Gasteiger partial charge on any atom is -0.394 e. The van der Waals surface area contributed by atoms with Crippen LogP contribution in [-0.4, -0.2) is 36.5 Å². The minimum absolute atomic E-state index is 0.145. The molecule has 1 aliphatic carbocycles. The Hall–Kier alpha value is -0.120. The predicted molar refractivity (Wildman–Crippen MR) is 66.5 cm³/mol. The van der Waals surface area contributed by atoms with Crippen LogP contribution in [0.5, 0.6) is 0 Å². The Balaban J connectivity index is 2.16. The van der Waals surface area contributed by atoms with Crippen LogP contribution in [0.3, 0.4) is 0 Å². The van der Waals surface area contributed by atoms with Gasteiger partial charge in [0.05, 0.1) is 18.8 Å². The molecule has 0 amide bonds. The van der Waals surface area contributed by atoms with Crippen molar-refractivity contribution in [3.8, 4) is 0 Å². The lowest BCUT2D eigenvalue weighted by atomic mass is 10.0. The number of aliphatic hydroxyl groups excluding tert-OH is 1. The highest BCUT2D eigenvalue weighted by Crippen LogP contribution is 2.22. The van der Waals surface area contributed by atoms with E-state index < -0.39 is 0 Å². The van der Waals surface area contributed by atoms with Crippen molar-refractivity contribution in [1.82, 2.24) is 5.32 Å². The lowest BCUT2D eigenvalue weighted by molar-refractivity contribution is 0.0282. The molecule has 0 aromatic carbocycles. The third-order valence-corrected chi connectivity index (χ3v) is 3.08. The fourth-order valence-corrected chi connectivity index (χ4v) is 1.91. The third kappa shape index (κ3) is 5.28. The van der Waals surface area contributed by atoms with Gasteiger partial charge in [0, 0.05) is 12.6 Å². The molecule has 2 atom stereocenters. The van der Waals surface area contributed by atoms with Gasteiger partial charge < -0.3 is 15.2 Å². The van der Waals surface area contributed by atoms with Gasteiger partial charge in [-0.25, -0.2) is 0 Å². The zero-order valence-electron chi connectivity index (χ0n) is 11.0. The van der Waals surface area contributed by atoms with Gasteiger partial charge in [0.2, 0.25) is 0 Å². The Bertz CT molecular complexity index is 194. The molecule has 0 bridgehead atoms. The number of rotatable bonds is 9. The summed E-state index contributed by atoms with van der Waals surface area (Å²) in [5.74, 6) is 0.619. The fraction of sp³-hybridized carbons (Fsp3) is 1.00. The van der Waals surface area contributed by atoms with Gasteiger partial charge in [-0.3, -0.25) is 0 Å². The van der Waals surface area contributed by atoms with Crippen LogP contribution in [0.1, 0.15) is 46.5 Å². The van der Waals surface area contributed by atoms with Crippen LogP contribution in [0.25, 0.3) is 0 Å². The second kappa shape index (κ2) is 6.58. The molecule has 2 N–H and O–H groups in total. The molecule has 1 aliphatic rings. The first-order valence-corrected chi connectivity index (χ1v) is 6.56. The molecule has 0 aromatic rings. The Labute approximate surface area is 99.6 Å². The predicted octanol–water partition coefficient (Wildman–Crippen LogP) is 1.94. The molecule has 3 nitrogen and oxygen atoms in total.